The van der Waals surface area contributed by atoms with Crippen LogP contribution in [-0.4, -0.2) is 0 Å². The maximum absolute atomic E-state index is 2.18. The third-order valence-corrected chi connectivity index (χ3v) is 1.53. The third-order valence-electron chi connectivity index (χ3n) is 1.53. The Morgan fingerprint density at radius 1 is 0.733 bits per heavy atom. The molecule has 15 heavy (non-hydrogen) atoms. The van der Waals surface area contributed by atoms with E-state index in [4.69, 9.17) is 0 Å². The van der Waals surface area contributed by atoms with Gasteiger partial charge in [-0.2, -0.15) is 0 Å². The van der Waals surface area contributed by atoms with Crippen LogP contribution in [0.2, 0.25) is 0 Å². The van der Waals surface area contributed by atoms with E-state index in [1.165, 1.54) is 11.1 Å². The molecule has 0 aliphatic heterocycles. The van der Waals surface area contributed by atoms with Gasteiger partial charge in [0, 0.05) is 0 Å². The number of benzene rings is 1. The predicted molar refractivity (Wildman–Crippen MR) is 74.6 cm³/mol. The molecule has 1 aromatic rings. The van der Waals surface area contributed by atoms with Crippen LogP contribution in [0.5, 0.6) is 0 Å². The average Bonchev–Trinajstić information content (AvgIpc) is 2.38. The van der Waals surface area contributed by atoms with E-state index in [1.54, 1.807) is 0 Å². The Balaban J connectivity index is -0.000000208. The van der Waals surface area contributed by atoms with Crippen LogP contribution in [0, 0.1) is 6.92 Å². The minimum Gasteiger partial charge on any atom is -0.0683 e. The zero-order chi connectivity index (χ0) is 12.7. The fraction of sp³-hybridized carbons (Fsp3) is 0.600. The quantitative estimate of drug-likeness (QED) is 0.563. The zero-order valence-corrected chi connectivity index (χ0v) is 12.0. The number of rotatable bonds is 1. The summed E-state index contributed by atoms with van der Waals surface area (Å²) >= 11 is 0. The van der Waals surface area contributed by atoms with Crippen LogP contribution in [0.15, 0.2) is 24.3 Å². The standard InChI is InChI=1S/C9H12.3C2H6/c1-3-9-6-4-8(2)5-7-9;3*1-2/h4-7H,3H2,1-2H3;3*1-2H3. The monoisotopic (exact) mass is 210 g/mol. The van der Waals surface area contributed by atoms with Gasteiger partial charge in [-0.3, -0.25) is 0 Å². The zero-order valence-electron chi connectivity index (χ0n) is 12.0. The first-order valence-corrected chi connectivity index (χ1v) is 6.38. The molecule has 0 heterocycles. The SMILES string of the molecule is CC.CC.CC.CCc1ccc(C)cc1. The molecule has 0 nitrogen and oxygen atoms in total. The van der Waals surface area contributed by atoms with E-state index in [0.29, 0.717) is 0 Å². The van der Waals surface area contributed by atoms with Gasteiger partial charge in [-0.25, -0.2) is 0 Å². The van der Waals surface area contributed by atoms with E-state index in [9.17, 15) is 0 Å². The number of hydrogen-bond donors (Lipinski definition) is 0. The third kappa shape index (κ3) is 13.2. The summed E-state index contributed by atoms with van der Waals surface area (Å²) in [5.41, 5.74) is 2.76. The molecule has 90 valence electrons. The minimum atomic E-state index is 1.14. The van der Waals surface area contributed by atoms with Crippen LogP contribution in [0.1, 0.15) is 59.6 Å². The van der Waals surface area contributed by atoms with Crippen molar-refractivity contribution in [3.8, 4) is 0 Å². The molecule has 0 heteroatoms. The van der Waals surface area contributed by atoms with Crippen molar-refractivity contribution in [3.05, 3.63) is 35.4 Å². The first kappa shape index (κ1) is 19.7. The first-order chi connectivity index (χ1) is 7.33. The maximum atomic E-state index is 2.18. The molecule has 0 radical (unpaired) electrons. The van der Waals surface area contributed by atoms with Crippen LogP contribution >= 0.6 is 0 Å². The van der Waals surface area contributed by atoms with Gasteiger partial charge in [0.2, 0.25) is 0 Å². The molecule has 0 bridgehead atoms. The molecule has 0 spiro atoms. The average molecular weight is 210 g/mol. The van der Waals surface area contributed by atoms with Gasteiger partial charge in [-0.1, -0.05) is 78.3 Å². The first-order valence-electron chi connectivity index (χ1n) is 6.38. The highest BCUT2D eigenvalue weighted by Gasteiger charge is 1.84. The lowest BCUT2D eigenvalue weighted by atomic mass is 10.1. The molecule has 0 unspecified atom stereocenters. The van der Waals surface area contributed by atoms with E-state index in [1.807, 2.05) is 41.5 Å². The molecule has 0 amide bonds. The van der Waals surface area contributed by atoms with Crippen molar-refractivity contribution in [2.24, 2.45) is 0 Å². The van der Waals surface area contributed by atoms with Gasteiger partial charge in [0.05, 0.1) is 0 Å². The summed E-state index contributed by atoms with van der Waals surface area (Å²) in [5.74, 6) is 0. The van der Waals surface area contributed by atoms with Crippen molar-refractivity contribution >= 4 is 0 Å². The van der Waals surface area contributed by atoms with Crippen LogP contribution in [-0.2, 0) is 6.42 Å². The van der Waals surface area contributed by atoms with E-state index in [0.717, 1.165) is 6.42 Å². The Morgan fingerprint density at radius 2 is 1.07 bits per heavy atom. The van der Waals surface area contributed by atoms with Crippen LogP contribution in [0.25, 0.3) is 0 Å². The second-order valence-electron chi connectivity index (χ2n) is 2.34. The Labute approximate surface area is 97.7 Å². The van der Waals surface area contributed by atoms with E-state index < -0.39 is 0 Å². The molecular weight excluding hydrogens is 180 g/mol. The topological polar surface area (TPSA) is 0 Å². The largest absolute Gasteiger partial charge is 0.0683 e. The summed E-state index contributed by atoms with van der Waals surface area (Å²) in [5, 5.41) is 0. The molecule has 0 saturated heterocycles. The summed E-state index contributed by atoms with van der Waals surface area (Å²) < 4.78 is 0. The summed E-state index contributed by atoms with van der Waals surface area (Å²) in [6.45, 7) is 16.3. The van der Waals surface area contributed by atoms with E-state index >= 15 is 0 Å². The molecule has 1 aromatic carbocycles. The summed E-state index contributed by atoms with van der Waals surface area (Å²) in [6.07, 6.45) is 1.14. The van der Waals surface area contributed by atoms with Crippen molar-refractivity contribution in [3.63, 3.8) is 0 Å². The van der Waals surface area contributed by atoms with Crippen molar-refractivity contribution < 1.29 is 0 Å². The fourth-order valence-electron chi connectivity index (χ4n) is 0.824. The van der Waals surface area contributed by atoms with Gasteiger partial charge in [-0.15, -0.1) is 0 Å². The lowest BCUT2D eigenvalue weighted by molar-refractivity contribution is 1.14. The van der Waals surface area contributed by atoms with E-state index in [-0.39, 0.29) is 0 Å². The molecule has 0 aliphatic rings. The smallest absolute Gasteiger partial charge is 0.0307 e. The highest BCUT2D eigenvalue weighted by Crippen LogP contribution is 2.02. The van der Waals surface area contributed by atoms with Gasteiger partial charge in [0.1, 0.15) is 0 Å². The minimum absolute atomic E-state index is 1.14. The van der Waals surface area contributed by atoms with Crippen LogP contribution in [0.3, 0.4) is 0 Å². The number of hydrogen-bond acceptors (Lipinski definition) is 0. The summed E-state index contributed by atoms with van der Waals surface area (Å²) in [6, 6.07) is 8.66. The Kier molecular flexibility index (Phi) is 24.9. The highest BCUT2D eigenvalue weighted by molar-refractivity contribution is 5.20. The Morgan fingerprint density at radius 3 is 1.33 bits per heavy atom. The van der Waals surface area contributed by atoms with Crippen LogP contribution < -0.4 is 0 Å². The molecule has 0 atom stereocenters. The van der Waals surface area contributed by atoms with Crippen molar-refractivity contribution in [1.82, 2.24) is 0 Å². The van der Waals surface area contributed by atoms with Gasteiger partial charge < -0.3 is 0 Å². The molecule has 0 aliphatic carbocycles. The molecule has 1 rings (SSSR count). The summed E-state index contributed by atoms with van der Waals surface area (Å²) in [4.78, 5) is 0. The van der Waals surface area contributed by atoms with Gasteiger partial charge in [0.25, 0.3) is 0 Å². The van der Waals surface area contributed by atoms with Crippen LogP contribution in [0.4, 0.5) is 0 Å². The predicted octanol–water partition coefficient (Wildman–Crippen LogP) is 5.64. The highest BCUT2D eigenvalue weighted by atomic mass is 13.9. The second kappa shape index (κ2) is 18.9. The van der Waals surface area contributed by atoms with E-state index in [2.05, 4.69) is 38.1 Å². The molecular formula is C15H30. The van der Waals surface area contributed by atoms with Crippen molar-refractivity contribution in [2.75, 3.05) is 0 Å². The second-order valence-corrected chi connectivity index (χ2v) is 2.34. The van der Waals surface area contributed by atoms with Gasteiger partial charge in [0.15, 0.2) is 0 Å². The molecule has 0 fully saturated rings. The lowest BCUT2D eigenvalue weighted by Gasteiger charge is -1.94. The Bertz CT molecular complexity index is 172. The normalized spacial score (nSPS) is 6.93. The lowest BCUT2D eigenvalue weighted by Crippen LogP contribution is -1.77. The molecule has 0 saturated carbocycles. The Hall–Kier alpha value is -0.780. The van der Waals surface area contributed by atoms with Crippen molar-refractivity contribution in [2.45, 2.75) is 61.8 Å². The fourth-order valence-corrected chi connectivity index (χ4v) is 0.824. The maximum Gasteiger partial charge on any atom is -0.0307 e. The molecule has 0 N–H and O–H groups in total. The summed E-state index contributed by atoms with van der Waals surface area (Å²) in [7, 11) is 0. The van der Waals surface area contributed by atoms with Gasteiger partial charge in [-0.05, 0) is 18.9 Å². The molecule has 0 aromatic heterocycles. The van der Waals surface area contributed by atoms with Gasteiger partial charge >= 0.3 is 0 Å². The number of aryl methyl sites for hydroxylation is 2. The van der Waals surface area contributed by atoms with Crippen molar-refractivity contribution in [1.29, 1.82) is 0 Å².